The number of para-hydroxylation sites is 1. The Bertz CT molecular complexity index is 943. The van der Waals surface area contributed by atoms with Crippen molar-refractivity contribution in [2.75, 3.05) is 37.2 Å². The van der Waals surface area contributed by atoms with Crippen LogP contribution in [0.3, 0.4) is 0 Å². The van der Waals surface area contributed by atoms with Gasteiger partial charge in [0, 0.05) is 44.0 Å². The van der Waals surface area contributed by atoms with Crippen molar-refractivity contribution in [3.05, 3.63) is 64.7 Å². The van der Waals surface area contributed by atoms with Crippen molar-refractivity contribution in [1.82, 2.24) is 9.21 Å². The van der Waals surface area contributed by atoms with Crippen LogP contribution in [0.25, 0.3) is 0 Å². The number of nitrogens with zero attached hydrogens (tertiary/aromatic N) is 2. The van der Waals surface area contributed by atoms with Crippen LogP contribution in [0.15, 0.2) is 42.5 Å². The summed E-state index contributed by atoms with van der Waals surface area (Å²) in [6.07, 6.45) is 0. The van der Waals surface area contributed by atoms with Gasteiger partial charge in [0.25, 0.3) is 5.91 Å². The maximum absolute atomic E-state index is 12.6. The second-order valence-electron chi connectivity index (χ2n) is 7.49. The lowest BCUT2D eigenvalue weighted by atomic mass is 10.1. The van der Waals surface area contributed by atoms with Crippen molar-refractivity contribution in [1.29, 1.82) is 0 Å². The molecule has 0 aromatic heterocycles. The van der Waals surface area contributed by atoms with Crippen LogP contribution >= 0.6 is 0 Å². The maximum Gasteiger partial charge on any atom is 0.255 e. The van der Waals surface area contributed by atoms with Gasteiger partial charge in [-0.15, -0.1) is 0 Å². The number of amides is 1. The fourth-order valence-electron chi connectivity index (χ4n) is 3.57. The van der Waals surface area contributed by atoms with Gasteiger partial charge in [-0.3, -0.25) is 9.69 Å². The van der Waals surface area contributed by atoms with Crippen molar-refractivity contribution in [2.45, 2.75) is 27.3 Å². The summed E-state index contributed by atoms with van der Waals surface area (Å²) in [5.41, 5.74) is 4.68. The quantitative estimate of drug-likeness (QED) is 0.787. The van der Waals surface area contributed by atoms with Crippen molar-refractivity contribution < 1.29 is 13.2 Å². The molecular formula is C22H29N3O3S. The molecule has 2 aromatic carbocycles. The Hall–Kier alpha value is -2.22. The zero-order chi connectivity index (χ0) is 21.0. The molecule has 0 radical (unpaired) electrons. The molecule has 7 heteroatoms. The number of nitrogens with one attached hydrogen (secondary N) is 1. The second kappa shape index (κ2) is 9.07. The molecule has 1 N–H and O–H groups in total. The smallest absolute Gasteiger partial charge is 0.255 e. The van der Waals surface area contributed by atoms with Gasteiger partial charge in [0.15, 0.2) is 0 Å². The molecule has 0 saturated carbocycles. The molecule has 1 fully saturated rings. The first-order valence-corrected chi connectivity index (χ1v) is 11.6. The van der Waals surface area contributed by atoms with Crippen LogP contribution in [0.4, 0.5) is 5.69 Å². The van der Waals surface area contributed by atoms with Gasteiger partial charge in [-0.1, -0.05) is 30.3 Å². The number of sulfonamides is 1. The second-order valence-corrected chi connectivity index (χ2v) is 9.75. The summed E-state index contributed by atoms with van der Waals surface area (Å²) in [4.78, 5) is 14.8. The Morgan fingerprint density at radius 2 is 1.55 bits per heavy atom. The molecule has 1 aliphatic rings. The molecule has 3 rings (SSSR count). The number of carbonyl (C=O) groups is 1. The maximum atomic E-state index is 12.6. The molecule has 0 atom stereocenters. The Morgan fingerprint density at radius 1 is 0.966 bits per heavy atom. The monoisotopic (exact) mass is 415 g/mol. The topological polar surface area (TPSA) is 69.7 Å². The summed E-state index contributed by atoms with van der Waals surface area (Å²) in [6.45, 7) is 8.90. The molecule has 1 aliphatic heterocycles. The third-order valence-corrected chi connectivity index (χ3v) is 7.31. The van der Waals surface area contributed by atoms with Crippen LogP contribution < -0.4 is 5.32 Å². The number of benzene rings is 2. The van der Waals surface area contributed by atoms with E-state index in [1.807, 2.05) is 56.3 Å². The van der Waals surface area contributed by atoms with E-state index in [1.54, 1.807) is 11.2 Å². The summed E-state index contributed by atoms with van der Waals surface area (Å²) in [7, 11) is -3.10. The Morgan fingerprint density at radius 3 is 2.10 bits per heavy atom. The third-order valence-electron chi connectivity index (χ3n) is 5.43. The van der Waals surface area contributed by atoms with Crippen molar-refractivity contribution in [3.63, 3.8) is 0 Å². The van der Waals surface area contributed by atoms with Gasteiger partial charge in [0.2, 0.25) is 10.0 Å². The molecule has 0 aliphatic carbocycles. The Balaban J connectivity index is 1.57. The standard InChI is InChI=1S/C22H29N3O3S/c1-4-29(27,28)25-14-12-24(13-15-25)16-19-8-10-20(11-9-19)22(26)23-21-17(2)6-5-7-18(21)3/h5-11H,4,12-16H2,1-3H3,(H,23,26). The fraction of sp³-hybridized carbons (Fsp3) is 0.409. The third kappa shape index (κ3) is 5.23. The van der Waals surface area contributed by atoms with Crippen LogP contribution in [0.1, 0.15) is 34.0 Å². The highest BCUT2D eigenvalue weighted by Crippen LogP contribution is 2.20. The predicted octanol–water partition coefficient (Wildman–Crippen LogP) is 3.02. The molecule has 0 unspecified atom stereocenters. The van der Waals surface area contributed by atoms with Crippen LogP contribution in [-0.4, -0.2) is 55.5 Å². The van der Waals surface area contributed by atoms with E-state index in [4.69, 9.17) is 0 Å². The van der Waals surface area contributed by atoms with Gasteiger partial charge >= 0.3 is 0 Å². The van der Waals surface area contributed by atoms with E-state index in [-0.39, 0.29) is 11.7 Å². The minimum Gasteiger partial charge on any atom is -0.322 e. The molecule has 0 spiro atoms. The van der Waals surface area contributed by atoms with Crippen LogP contribution in [-0.2, 0) is 16.6 Å². The number of hydrogen-bond donors (Lipinski definition) is 1. The zero-order valence-corrected chi connectivity index (χ0v) is 18.1. The lowest BCUT2D eigenvalue weighted by molar-refractivity contribution is 0.102. The molecule has 1 saturated heterocycles. The van der Waals surface area contributed by atoms with E-state index in [0.29, 0.717) is 31.7 Å². The van der Waals surface area contributed by atoms with Gasteiger partial charge in [-0.2, -0.15) is 4.31 Å². The minimum absolute atomic E-state index is 0.118. The summed E-state index contributed by atoms with van der Waals surface area (Å²) in [6, 6.07) is 13.6. The van der Waals surface area contributed by atoms with E-state index in [9.17, 15) is 13.2 Å². The molecule has 2 aromatic rings. The first kappa shape index (κ1) is 21.5. The highest BCUT2D eigenvalue weighted by atomic mass is 32.2. The number of rotatable bonds is 6. The lowest BCUT2D eigenvalue weighted by Gasteiger charge is -2.33. The SMILES string of the molecule is CCS(=O)(=O)N1CCN(Cc2ccc(C(=O)Nc3c(C)cccc3C)cc2)CC1. The minimum atomic E-state index is -3.10. The van der Waals surface area contributed by atoms with Gasteiger partial charge in [0.1, 0.15) is 0 Å². The number of anilines is 1. The van der Waals surface area contributed by atoms with Crippen LogP contribution in [0, 0.1) is 13.8 Å². The van der Waals surface area contributed by atoms with Crippen molar-refractivity contribution in [3.8, 4) is 0 Å². The van der Waals surface area contributed by atoms with E-state index < -0.39 is 10.0 Å². The largest absolute Gasteiger partial charge is 0.322 e. The van der Waals surface area contributed by atoms with Gasteiger partial charge in [-0.05, 0) is 49.6 Å². The first-order valence-electron chi connectivity index (χ1n) is 9.97. The van der Waals surface area contributed by atoms with Crippen LogP contribution in [0.2, 0.25) is 0 Å². The number of hydrogen-bond acceptors (Lipinski definition) is 4. The average Bonchev–Trinajstić information content (AvgIpc) is 2.71. The molecule has 0 bridgehead atoms. The van der Waals surface area contributed by atoms with Gasteiger partial charge in [0.05, 0.1) is 5.75 Å². The molecule has 156 valence electrons. The predicted molar refractivity (Wildman–Crippen MR) is 117 cm³/mol. The lowest BCUT2D eigenvalue weighted by Crippen LogP contribution is -2.48. The van der Waals surface area contributed by atoms with Gasteiger partial charge in [-0.25, -0.2) is 8.42 Å². The Labute approximate surface area is 173 Å². The fourth-order valence-corrected chi connectivity index (χ4v) is 4.65. The Kier molecular flexibility index (Phi) is 6.72. The van der Waals surface area contributed by atoms with E-state index in [1.165, 1.54) is 0 Å². The van der Waals surface area contributed by atoms with Crippen molar-refractivity contribution in [2.24, 2.45) is 0 Å². The summed E-state index contributed by atoms with van der Waals surface area (Å²) < 4.78 is 25.5. The summed E-state index contributed by atoms with van der Waals surface area (Å²) >= 11 is 0. The number of carbonyl (C=O) groups excluding carboxylic acids is 1. The highest BCUT2D eigenvalue weighted by molar-refractivity contribution is 7.89. The highest BCUT2D eigenvalue weighted by Gasteiger charge is 2.25. The first-order chi connectivity index (χ1) is 13.8. The molecule has 6 nitrogen and oxygen atoms in total. The number of piperazine rings is 1. The summed E-state index contributed by atoms with van der Waals surface area (Å²) in [5, 5.41) is 3.01. The molecule has 1 heterocycles. The number of aryl methyl sites for hydroxylation is 2. The van der Waals surface area contributed by atoms with Crippen molar-refractivity contribution >= 4 is 21.6 Å². The average molecular weight is 416 g/mol. The van der Waals surface area contributed by atoms with Crippen LogP contribution in [0.5, 0.6) is 0 Å². The van der Waals surface area contributed by atoms with E-state index >= 15 is 0 Å². The van der Waals surface area contributed by atoms with E-state index in [2.05, 4.69) is 10.2 Å². The molecule has 29 heavy (non-hydrogen) atoms. The normalized spacial score (nSPS) is 16.0. The molecule has 1 amide bonds. The van der Waals surface area contributed by atoms with E-state index in [0.717, 1.165) is 28.9 Å². The summed E-state index contributed by atoms with van der Waals surface area (Å²) in [5.74, 6) is 0.0331. The molecular weight excluding hydrogens is 386 g/mol. The zero-order valence-electron chi connectivity index (χ0n) is 17.3. The van der Waals surface area contributed by atoms with Gasteiger partial charge < -0.3 is 5.32 Å².